The van der Waals surface area contributed by atoms with E-state index in [2.05, 4.69) is 15.1 Å². The summed E-state index contributed by atoms with van der Waals surface area (Å²) in [5, 5.41) is 5.16. The lowest BCUT2D eigenvalue weighted by Crippen LogP contribution is -1.91. The number of aromatic nitrogens is 3. The summed E-state index contributed by atoms with van der Waals surface area (Å²) >= 11 is 0. The van der Waals surface area contributed by atoms with Crippen LogP contribution in [0.15, 0.2) is 53.1 Å². The summed E-state index contributed by atoms with van der Waals surface area (Å²) in [6, 6.07) is 15.5. The van der Waals surface area contributed by atoms with Crippen LogP contribution >= 0.6 is 0 Å². The smallest absolute Gasteiger partial charge is 0.274 e. The van der Waals surface area contributed by atoms with Crippen LogP contribution in [0.4, 0.5) is 0 Å². The first kappa shape index (κ1) is 14.3. The average Bonchev–Trinajstić information content (AvgIpc) is 3.27. The van der Waals surface area contributed by atoms with Gasteiger partial charge >= 0.3 is 0 Å². The summed E-state index contributed by atoms with van der Waals surface area (Å²) in [6.07, 6.45) is 0. The molecule has 2 aromatic heterocycles. The van der Waals surface area contributed by atoms with E-state index in [-0.39, 0.29) is 0 Å². The van der Waals surface area contributed by atoms with Gasteiger partial charge in [0.25, 0.3) is 5.89 Å². The zero-order chi connectivity index (χ0) is 16.5. The fraction of sp³-hybridized carbons (Fsp3) is 0.111. The molecule has 0 saturated heterocycles. The second kappa shape index (κ2) is 5.73. The zero-order valence-corrected chi connectivity index (χ0v) is 13.2. The molecule has 0 unspecified atom stereocenters. The van der Waals surface area contributed by atoms with E-state index < -0.39 is 0 Å². The van der Waals surface area contributed by atoms with Crippen LogP contribution in [0.25, 0.3) is 33.9 Å². The van der Waals surface area contributed by atoms with Crippen LogP contribution in [-0.4, -0.2) is 29.3 Å². The van der Waals surface area contributed by atoms with E-state index in [0.717, 1.165) is 22.2 Å². The molecule has 6 nitrogen and oxygen atoms in total. The first-order valence-electron chi connectivity index (χ1n) is 7.42. The largest absolute Gasteiger partial charge is 0.493 e. The lowest BCUT2D eigenvalue weighted by atomic mass is 10.2. The van der Waals surface area contributed by atoms with Crippen LogP contribution in [-0.2, 0) is 0 Å². The number of rotatable bonds is 4. The molecule has 24 heavy (non-hydrogen) atoms. The van der Waals surface area contributed by atoms with Gasteiger partial charge in [0.05, 0.1) is 14.2 Å². The Morgan fingerprint density at radius 3 is 2.58 bits per heavy atom. The Bertz CT molecular complexity index is 971. The van der Waals surface area contributed by atoms with Crippen LogP contribution in [0.5, 0.6) is 11.5 Å². The third-order valence-corrected chi connectivity index (χ3v) is 3.83. The lowest BCUT2D eigenvalue weighted by molar-refractivity contribution is 0.355. The number of para-hydroxylation sites is 1. The molecular weight excluding hydrogens is 306 g/mol. The summed E-state index contributed by atoms with van der Waals surface area (Å²) in [5.74, 6) is 2.20. The monoisotopic (exact) mass is 321 g/mol. The molecule has 0 bridgehead atoms. The second-order valence-electron chi connectivity index (χ2n) is 5.26. The van der Waals surface area contributed by atoms with Crippen molar-refractivity contribution in [3.8, 4) is 34.5 Å². The molecule has 1 N–H and O–H groups in total. The lowest BCUT2D eigenvalue weighted by Gasteiger charge is -2.07. The molecule has 0 fully saturated rings. The van der Waals surface area contributed by atoms with Crippen molar-refractivity contribution in [1.29, 1.82) is 0 Å². The van der Waals surface area contributed by atoms with Crippen LogP contribution in [0.3, 0.4) is 0 Å². The van der Waals surface area contributed by atoms with Gasteiger partial charge in [-0.2, -0.15) is 4.98 Å². The molecule has 4 rings (SSSR count). The van der Waals surface area contributed by atoms with Crippen molar-refractivity contribution < 1.29 is 14.0 Å². The molecule has 120 valence electrons. The number of nitrogens with zero attached hydrogens (tertiary/aromatic N) is 2. The van der Waals surface area contributed by atoms with Crippen molar-refractivity contribution in [2.45, 2.75) is 0 Å². The molecule has 2 heterocycles. The van der Waals surface area contributed by atoms with Gasteiger partial charge in [-0.1, -0.05) is 23.4 Å². The first-order chi connectivity index (χ1) is 11.8. The fourth-order valence-electron chi connectivity index (χ4n) is 2.61. The number of fused-ring (bicyclic) bond motifs is 1. The van der Waals surface area contributed by atoms with Crippen LogP contribution < -0.4 is 9.47 Å². The number of benzene rings is 2. The Morgan fingerprint density at radius 2 is 1.79 bits per heavy atom. The number of aromatic amines is 1. The van der Waals surface area contributed by atoms with Gasteiger partial charge in [0.1, 0.15) is 5.69 Å². The maximum absolute atomic E-state index is 5.40. The number of hydrogen-bond acceptors (Lipinski definition) is 5. The van der Waals surface area contributed by atoms with Gasteiger partial charge in [-0.15, -0.1) is 0 Å². The van der Waals surface area contributed by atoms with E-state index in [1.54, 1.807) is 14.2 Å². The van der Waals surface area contributed by atoms with E-state index >= 15 is 0 Å². The van der Waals surface area contributed by atoms with E-state index in [0.29, 0.717) is 23.2 Å². The molecule has 0 spiro atoms. The van der Waals surface area contributed by atoms with E-state index in [1.807, 2.05) is 48.5 Å². The van der Waals surface area contributed by atoms with Crippen LogP contribution in [0.1, 0.15) is 0 Å². The Hall–Kier alpha value is -3.28. The Balaban J connectivity index is 1.72. The summed E-state index contributed by atoms with van der Waals surface area (Å²) in [6.45, 7) is 0. The summed E-state index contributed by atoms with van der Waals surface area (Å²) < 4.78 is 16.0. The SMILES string of the molecule is COc1ccc(-c2noc(-c3cc4ccccc4[nH]3)n2)cc1OC. The maximum Gasteiger partial charge on any atom is 0.274 e. The zero-order valence-electron chi connectivity index (χ0n) is 13.2. The van der Waals surface area contributed by atoms with E-state index in [1.165, 1.54) is 0 Å². The maximum atomic E-state index is 5.40. The highest BCUT2D eigenvalue weighted by molar-refractivity contribution is 5.84. The Labute approximate surface area is 138 Å². The molecule has 4 aromatic rings. The summed E-state index contributed by atoms with van der Waals surface area (Å²) in [4.78, 5) is 7.75. The van der Waals surface area contributed by atoms with Crippen molar-refractivity contribution in [2.24, 2.45) is 0 Å². The average molecular weight is 321 g/mol. The van der Waals surface area contributed by atoms with Crippen molar-refractivity contribution in [1.82, 2.24) is 15.1 Å². The Morgan fingerprint density at radius 1 is 0.958 bits per heavy atom. The van der Waals surface area contributed by atoms with Gasteiger partial charge in [0.2, 0.25) is 5.82 Å². The van der Waals surface area contributed by atoms with Crippen molar-refractivity contribution in [3.63, 3.8) is 0 Å². The van der Waals surface area contributed by atoms with Crippen molar-refractivity contribution in [3.05, 3.63) is 48.5 Å². The molecule has 0 radical (unpaired) electrons. The molecule has 0 aliphatic heterocycles. The Kier molecular flexibility index (Phi) is 3.42. The number of methoxy groups -OCH3 is 2. The van der Waals surface area contributed by atoms with Gasteiger partial charge in [0.15, 0.2) is 11.5 Å². The van der Waals surface area contributed by atoms with E-state index in [9.17, 15) is 0 Å². The molecule has 2 aromatic carbocycles. The number of ether oxygens (including phenoxy) is 2. The fourth-order valence-corrected chi connectivity index (χ4v) is 2.61. The summed E-state index contributed by atoms with van der Waals surface area (Å²) in [5.41, 5.74) is 2.60. The van der Waals surface area contributed by atoms with Crippen molar-refractivity contribution in [2.75, 3.05) is 14.2 Å². The van der Waals surface area contributed by atoms with Gasteiger partial charge < -0.3 is 19.0 Å². The number of hydrogen-bond donors (Lipinski definition) is 1. The molecule has 6 heteroatoms. The van der Waals surface area contributed by atoms with Gasteiger partial charge in [-0.05, 0) is 30.3 Å². The standard InChI is InChI=1S/C18H15N3O3/c1-22-15-8-7-12(10-16(15)23-2)17-20-18(24-21-17)14-9-11-5-3-4-6-13(11)19-14/h3-10,19H,1-2H3. The topological polar surface area (TPSA) is 73.2 Å². The second-order valence-corrected chi connectivity index (χ2v) is 5.26. The third-order valence-electron chi connectivity index (χ3n) is 3.83. The molecule has 0 aliphatic rings. The normalized spacial score (nSPS) is 10.9. The van der Waals surface area contributed by atoms with Gasteiger partial charge in [0, 0.05) is 16.5 Å². The third kappa shape index (κ3) is 2.38. The van der Waals surface area contributed by atoms with Gasteiger partial charge in [-0.3, -0.25) is 0 Å². The van der Waals surface area contributed by atoms with Crippen LogP contribution in [0.2, 0.25) is 0 Å². The summed E-state index contributed by atoms with van der Waals surface area (Å²) in [7, 11) is 3.19. The minimum absolute atomic E-state index is 0.441. The van der Waals surface area contributed by atoms with Crippen LogP contribution in [0, 0.1) is 0 Å². The predicted molar refractivity (Wildman–Crippen MR) is 90.1 cm³/mol. The quantitative estimate of drug-likeness (QED) is 0.617. The molecule has 0 saturated carbocycles. The molecule has 0 amide bonds. The van der Waals surface area contributed by atoms with E-state index in [4.69, 9.17) is 14.0 Å². The molecule has 0 aliphatic carbocycles. The molecular formula is C18H15N3O3. The predicted octanol–water partition coefficient (Wildman–Crippen LogP) is 3.90. The highest BCUT2D eigenvalue weighted by Gasteiger charge is 2.14. The minimum atomic E-state index is 0.441. The van der Waals surface area contributed by atoms with Gasteiger partial charge in [-0.25, -0.2) is 0 Å². The highest BCUT2D eigenvalue weighted by Crippen LogP contribution is 2.32. The molecule has 0 atom stereocenters. The number of H-pyrrole nitrogens is 1. The van der Waals surface area contributed by atoms with Crippen molar-refractivity contribution >= 4 is 10.9 Å². The minimum Gasteiger partial charge on any atom is -0.493 e. The number of nitrogens with one attached hydrogen (secondary N) is 1. The highest BCUT2D eigenvalue weighted by atomic mass is 16.5. The first-order valence-corrected chi connectivity index (χ1v) is 7.42.